The monoisotopic (exact) mass is 301 g/mol. The van der Waals surface area contributed by atoms with Crippen molar-refractivity contribution in [2.45, 2.75) is 11.8 Å². The van der Waals surface area contributed by atoms with Crippen molar-refractivity contribution in [3.63, 3.8) is 0 Å². The van der Waals surface area contributed by atoms with Crippen LogP contribution in [0, 0.1) is 29.6 Å². The molecule has 106 valence electrons. The van der Waals surface area contributed by atoms with Crippen molar-refractivity contribution < 1.29 is 8.42 Å². The molecule has 8 heteroatoms. The molecule has 0 spiro atoms. The van der Waals surface area contributed by atoms with Crippen molar-refractivity contribution in [3.8, 4) is 12.1 Å². The molecule has 0 unspecified atom stereocenters. The molecule has 1 heterocycles. The molecule has 0 radical (unpaired) electrons. The minimum Gasteiger partial charge on any atom is -0.262 e. The summed E-state index contributed by atoms with van der Waals surface area (Å²) in [4.78, 5) is 0.0478. The van der Waals surface area contributed by atoms with Gasteiger partial charge in [-0.1, -0.05) is 0 Å². The number of benzene rings is 1. The van der Waals surface area contributed by atoms with Crippen LogP contribution in [0.5, 0.6) is 0 Å². The summed E-state index contributed by atoms with van der Waals surface area (Å²) in [5.41, 5.74) is 0.958. The van der Waals surface area contributed by atoms with E-state index in [1.54, 1.807) is 6.92 Å². The average molecular weight is 301 g/mol. The zero-order chi connectivity index (χ0) is 15.6. The fourth-order valence-electron chi connectivity index (χ4n) is 1.84. The molecular formula is C13H11N5O2S. The van der Waals surface area contributed by atoms with E-state index >= 15 is 0 Å². The Balaban J connectivity index is 2.47. The normalized spacial score (nSPS) is 10.7. The summed E-state index contributed by atoms with van der Waals surface area (Å²) in [6, 6.07) is 8.09. The molecule has 1 N–H and O–H groups in total. The highest BCUT2D eigenvalue weighted by Gasteiger charge is 2.20. The molecule has 2 aromatic rings. The summed E-state index contributed by atoms with van der Waals surface area (Å²) in [7, 11) is -2.33. The van der Waals surface area contributed by atoms with Gasteiger partial charge in [-0.2, -0.15) is 15.6 Å². The zero-order valence-corrected chi connectivity index (χ0v) is 12.1. The molecule has 0 aliphatic heterocycles. The summed E-state index contributed by atoms with van der Waals surface area (Å²) < 4.78 is 28.4. The highest BCUT2D eigenvalue weighted by molar-refractivity contribution is 7.92. The third-order valence-corrected chi connectivity index (χ3v) is 4.38. The molecule has 1 aromatic carbocycles. The van der Waals surface area contributed by atoms with Gasteiger partial charge in [-0.25, -0.2) is 8.42 Å². The van der Waals surface area contributed by atoms with Crippen LogP contribution in [0.3, 0.4) is 0 Å². The molecular weight excluding hydrogens is 290 g/mol. The number of hydrogen-bond donors (Lipinski definition) is 1. The van der Waals surface area contributed by atoms with E-state index in [9.17, 15) is 8.42 Å². The van der Waals surface area contributed by atoms with Crippen molar-refractivity contribution in [3.05, 3.63) is 41.1 Å². The highest BCUT2D eigenvalue weighted by Crippen LogP contribution is 2.22. The molecule has 0 saturated heterocycles. The molecule has 0 aliphatic carbocycles. The lowest BCUT2D eigenvalue weighted by molar-refractivity contribution is 0.599. The van der Waals surface area contributed by atoms with E-state index in [0.29, 0.717) is 11.1 Å². The standard InChI is InChI=1S/C13H11N5O2S/c1-9-5-10(6-14)3-4-12(9)21(19,20)17-13-11(7-15)8-16-18(13)2/h3-5,8,17H,1-2H3. The smallest absolute Gasteiger partial charge is 0.262 e. The van der Waals surface area contributed by atoms with Gasteiger partial charge in [-0.3, -0.25) is 9.40 Å². The van der Waals surface area contributed by atoms with Gasteiger partial charge >= 0.3 is 0 Å². The number of aryl methyl sites for hydroxylation is 2. The first-order valence-corrected chi connectivity index (χ1v) is 7.33. The lowest BCUT2D eigenvalue weighted by Crippen LogP contribution is -2.17. The fraction of sp³-hybridized carbons (Fsp3) is 0.154. The van der Waals surface area contributed by atoms with Crippen molar-refractivity contribution in [2.75, 3.05) is 4.72 Å². The van der Waals surface area contributed by atoms with E-state index in [-0.39, 0.29) is 16.3 Å². The Kier molecular flexibility index (Phi) is 3.66. The summed E-state index contributed by atoms with van der Waals surface area (Å²) in [6.45, 7) is 1.60. The Bertz CT molecular complexity index is 884. The van der Waals surface area contributed by atoms with Crippen molar-refractivity contribution in [1.82, 2.24) is 9.78 Å². The van der Waals surface area contributed by atoms with Gasteiger partial charge in [0, 0.05) is 7.05 Å². The Morgan fingerprint density at radius 2 is 2.00 bits per heavy atom. The molecule has 21 heavy (non-hydrogen) atoms. The SMILES string of the molecule is Cc1cc(C#N)ccc1S(=O)(=O)Nc1c(C#N)cnn1C. The quantitative estimate of drug-likeness (QED) is 0.917. The number of aromatic nitrogens is 2. The van der Waals surface area contributed by atoms with E-state index in [0.717, 1.165) is 0 Å². The summed E-state index contributed by atoms with van der Waals surface area (Å²) in [5, 5.41) is 21.6. The number of nitrogens with zero attached hydrogens (tertiary/aromatic N) is 4. The van der Waals surface area contributed by atoms with E-state index in [1.807, 2.05) is 12.1 Å². The summed E-state index contributed by atoms with van der Waals surface area (Å²) >= 11 is 0. The average Bonchev–Trinajstić information content (AvgIpc) is 2.78. The van der Waals surface area contributed by atoms with Gasteiger partial charge in [0.2, 0.25) is 0 Å². The van der Waals surface area contributed by atoms with Crippen LogP contribution in [0.2, 0.25) is 0 Å². The minimum absolute atomic E-state index is 0.0478. The number of nitriles is 2. The zero-order valence-electron chi connectivity index (χ0n) is 11.3. The largest absolute Gasteiger partial charge is 0.263 e. The molecule has 0 atom stereocenters. The van der Waals surface area contributed by atoms with Gasteiger partial charge in [0.1, 0.15) is 11.6 Å². The van der Waals surface area contributed by atoms with Gasteiger partial charge < -0.3 is 0 Å². The topological polar surface area (TPSA) is 112 Å². The van der Waals surface area contributed by atoms with Gasteiger partial charge in [0.25, 0.3) is 10.0 Å². The van der Waals surface area contributed by atoms with Crippen LogP contribution in [-0.4, -0.2) is 18.2 Å². The van der Waals surface area contributed by atoms with Crippen LogP contribution in [0.25, 0.3) is 0 Å². The van der Waals surface area contributed by atoms with Gasteiger partial charge in [-0.05, 0) is 30.7 Å². The maximum Gasteiger partial charge on any atom is 0.263 e. The van der Waals surface area contributed by atoms with E-state index < -0.39 is 10.0 Å². The van der Waals surface area contributed by atoms with Gasteiger partial charge in [-0.15, -0.1) is 0 Å². The molecule has 0 fully saturated rings. The predicted octanol–water partition coefficient (Wildman–Crippen LogP) is 1.27. The van der Waals surface area contributed by atoms with Crippen LogP contribution >= 0.6 is 0 Å². The van der Waals surface area contributed by atoms with E-state index in [2.05, 4.69) is 9.82 Å². The maximum absolute atomic E-state index is 12.4. The summed E-state index contributed by atoms with van der Waals surface area (Å²) in [5.74, 6) is 0.0984. The number of anilines is 1. The van der Waals surface area contributed by atoms with Crippen molar-refractivity contribution in [2.24, 2.45) is 7.05 Å². The number of nitrogens with one attached hydrogen (secondary N) is 1. The minimum atomic E-state index is -3.87. The van der Waals surface area contributed by atoms with Crippen LogP contribution < -0.4 is 4.72 Å². The molecule has 0 amide bonds. The Morgan fingerprint density at radius 3 is 2.57 bits per heavy atom. The Labute approximate surface area is 122 Å². The molecule has 0 aliphatic rings. The molecule has 7 nitrogen and oxygen atoms in total. The Morgan fingerprint density at radius 1 is 1.29 bits per heavy atom. The first-order chi connectivity index (χ1) is 9.89. The van der Waals surface area contributed by atoms with E-state index in [4.69, 9.17) is 10.5 Å². The van der Waals surface area contributed by atoms with Crippen LogP contribution in [-0.2, 0) is 17.1 Å². The lowest BCUT2D eigenvalue weighted by Gasteiger charge is -2.11. The van der Waals surface area contributed by atoms with Crippen molar-refractivity contribution in [1.29, 1.82) is 10.5 Å². The second-order valence-electron chi connectivity index (χ2n) is 4.34. The van der Waals surface area contributed by atoms with Crippen LogP contribution in [0.15, 0.2) is 29.3 Å². The van der Waals surface area contributed by atoms with Crippen molar-refractivity contribution >= 4 is 15.8 Å². The molecule has 0 bridgehead atoms. The third kappa shape index (κ3) is 2.71. The third-order valence-electron chi connectivity index (χ3n) is 2.88. The fourth-order valence-corrected chi connectivity index (χ4v) is 3.18. The molecule has 2 rings (SSSR count). The second-order valence-corrected chi connectivity index (χ2v) is 5.99. The molecule has 0 saturated carbocycles. The van der Waals surface area contributed by atoms with E-state index in [1.165, 1.54) is 36.1 Å². The van der Waals surface area contributed by atoms with Gasteiger partial charge in [0.05, 0.1) is 22.7 Å². The maximum atomic E-state index is 12.4. The lowest BCUT2D eigenvalue weighted by atomic mass is 10.2. The number of sulfonamides is 1. The first kappa shape index (κ1) is 14.6. The Hall–Kier alpha value is -2.84. The second kappa shape index (κ2) is 5.27. The summed E-state index contributed by atoms with van der Waals surface area (Å²) in [6.07, 6.45) is 1.28. The predicted molar refractivity (Wildman–Crippen MR) is 74.6 cm³/mol. The van der Waals surface area contributed by atoms with Crippen LogP contribution in [0.4, 0.5) is 5.82 Å². The number of hydrogen-bond acceptors (Lipinski definition) is 5. The van der Waals surface area contributed by atoms with Gasteiger partial charge in [0.15, 0.2) is 5.82 Å². The highest BCUT2D eigenvalue weighted by atomic mass is 32.2. The number of rotatable bonds is 3. The molecule has 1 aromatic heterocycles. The van der Waals surface area contributed by atoms with Crippen LogP contribution in [0.1, 0.15) is 16.7 Å². The first-order valence-electron chi connectivity index (χ1n) is 5.84.